The van der Waals surface area contributed by atoms with Crippen LogP contribution in [0.4, 0.5) is 5.69 Å². The lowest BCUT2D eigenvalue weighted by molar-refractivity contribution is 0.0860. The molecule has 0 aliphatic carbocycles. The van der Waals surface area contributed by atoms with Crippen LogP contribution in [0.1, 0.15) is 23.3 Å². The predicted molar refractivity (Wildman–Crippen MR) is 102 cm³/mol. The summed E-state index contributed by atoms with van der Waals surface area (Å²) >= 11 is 0. The molecule has 1 N–H and O–H groups in total. The first-order chi connectivity index (χ1) is 12.3. The molecule has 3 rings (SSSR count). The zero-order valence-electron chi connectivity index (χ0n) is 14.6. The summed E-state index contributed by atoms with van der Waals surface area (Å²) in [7, 11) is 3.43. The van der Waals surface area contributed by atoms with Crippen LogP contribution >= 0.6 is 0 Å². The van der Waals surface area contributed by atoms with E-state index in [1.807, 2.05) is 48.5 Å². The first-order valence-electron chi connectivity index (χ1n) is 8.35. The molecule has 2 unspecified atom stereocenters. The summed E-state index contributed by atoms with van der Waals surface area (Å²) in [5.41, 5.74) is 3.33. The lowest BCUT2D eigenvalue weighted by Crippen LogP contribution is -2.21. The Morgan fingerprint density at radius 3 is 1.84 bits per heavy atom. The molecule has 25 heavy (non-hydrogen) atoms. The van der Waals surface area contributed by atoms with Gasteiger partial charge in [0.1, 0.15) is 11.9 Å². The zero-order chi connectivity index (χ0) is 17.5. The second-order valence-electron chi connectivity index (χ2n) is 5.83. The lowest BCUT2D eigenvalue weighted by Gasteiger charge is -2.29. The monoisotopic (exact) mass is 333 g/mol. The molecule has 3 aromatic carbocycles. The van der Waals surface area contributed by atoms with Crippen LogP contribution in [0.25, 0.3) is 0 Å². The molecule has 0 radical (unpaired) electrons. The lowest BCUT2D eigenvalue weighted by atomic mass is 9.95. The van der Waals surface area contributed by atoms with Gasteiger partial charge in [-0.05, 0) is 35.4 Å². The summed E-state index contributed by atoms with van der Waals surface area (Å²) in [6, 6.07) is 28.6. The molecule has 0 heterocycles. The Morgan fingerprint density at radius 1 is 0.680 bits per heavy atom. The normalized spacial score (nSPS) is 13.0. The van der Waals surface area contributed by atoms with Crippen molar-refractivity contribution >= 4 is 5.69 Å². The Morgan fingerprint density at radius 2 is 1.28 bits per heavy atom. The summed E-state index contributed by atoms with van der Waals surface area (Å²) in [5.74, 6) is 0.843. The zero-order valence-corrected chi connectivity index (χ0v) is 14.6. The number of benzene rings is 3. The smallest absolute Gasteiger partial charge is 0.118 e. The van der Waals surface area contributed by atoms with Gasteiger partial charge in [-0.1, -0.05) is 60.7 Å². The highest BCUT2D eigenvalue weighted by Gasteiger charge is 2.24. The average molecular weight is 333 g/mol. The van der Waals surface area contributed by atoms with Gasteiger partial charge in [-0.15, -0.1) is 0 Å². The number of hydrogen-bond acceptors (Lipinski definition) is 3. The largest absolute Gasteiger partial charge is 0.497 e. The van der Waals surface area contributed by atoms with Crippen LogP contribution in [0.2, 0.25) is 0 Å². The maximum atomic E-state index is 5.89. The van der Waals surface area contributed by atoms with Crippen molar-refractivity contribution in [2.24, 2.45) is 0 Å². The molecule has 0 aromatic heterocycles. The minimum Gasteiger partial charge on any atom is -0.497 e. The first kappa shape index (κ1) is 17.1. The van der Waals surface area contributed by atoms with Crippen molar-refractivity contribution in [3.63, 3.8) is 0 Å². The minimum atomic E-state index is -0.116. The summed E-state index contributed by atoms with van der Waals surface area (Å²) in [6.45, 7) is 0. The standard InChI is InChI=1S/C22H23NO2/c1-24-20-15-13-17(14-16-20)21(23-19-11-7-4-8-12-19)22(25-2)18-9-5-3-6-10-18/h3-16,21-23H,1-2H3. The second kappa shape index (κ2) is 8.36. The Labute approximate surface area is 149 Å². The van der Waals surface area contributed by atoms with Gasteiger partial charge in [-0.3, -0.25) is 0 Å². The topological polar surface area (TPSA) is 30.5 Å². The van der Waals surface area contributed by atoms with Crippen LogP contribution in [0.3, 0.4) is 0 Å². The molecule has 0 aliphatic rings. The number of nitrogens with one attached hydrogen (secondary N) is 1. The second-order valence-corrected chi connectivity index (χ2v) is 5.83. The minimum absolute atomic E-state index is 0.0271. The highest BCUT2D eigenvalue weighted by atomic mass is 16.5. The number of hydrogen-bond donors (Lipinski definition) is 1. The molecule has 0 aliphatic heterocycles. The summed E-state index contributed by atoms with van der Waals surface area (Å²) in [6.07, 6.45) is -0.116. The van der Waals surface area contributed by atoms with Crippen LogP contribution in [-0.4, -0.2) is 14.2 Å². The van der Waals surface area contributed by atoms with E-state index in [1.54, 1.807) is 14.2 Å². The molecule has 0 bridgehead atoms. The number of anilines is 1. The number of rotatable bonds is 7. The summed E-state index contributed by atoms with van der Waals surface area (Å²) < 4.78 is 11.2. The van der Waals surface area contributed by atoms with E-state index in [0.29, 0.717) is 0 Å². The van der Waals surface area contributed by atoms with Crippen LogP contribution in [0, 0.1) is 0 Å². The van der Waals surface area contributed by atoms with Crippen molar-refractivity contribution in [3.05, 3.63) is 96.1 Å². The molecule has 0 saturated heterocycles. The third-order valence-corrected chi connectivity index (χ3v) is 4.26. The van der Waals surface area contributed by atoms with Crippen molar-refractivity contribution < 1.29 is 9.47 Å². The van der Waals surface area contributed by atoms with Crippen molar-refractivity contribution in [2.45, 2.75) is 12.1 Å². The van der Waals surface area contributed by atoms with Gasteiger partial charge in [-0.25, -0.2) is 0 Å². The quantitative estimate of drug-likeness (QED) is 0.642. The fourth-order valence-electron chi connectivity index (χ4n) is 2.97. The van der Waals surface area contributed by atoms with Crippen molar-refractivity contribution in [2.75, 3.05) is 19.5 Å². The van der Waals surface area contributed by atoms with E-state index in [9.17, 15) is 0 Å². The molecule has 0 spiro atoms. The fraction of sp³-hybridized carbons (Fsp3) is 0.182. The first-order valence-corrected chi connectivity index (χ1v) is 8.35. The SMILES string of the molecule is COc1ccc(C(Nc2ccccc2)C(OC)c2ccccc2)cc1. The van der Waals surface area contributed by atoms with E-state index in [-0.39, 0.29) is 12.1 Å². The highest BCUT2D eigenvalue weighted by molar-refractivity contribution is 5.47. The molecular weight excluding hydrogens is 310 g/mol. The van der Waals surface area contributed by atoms with E-state index >= 15 is 0 Å². The molecule has 0 amide bonds. The number of para-hydroxylation sites is 1. The van der Waals surface area contributed by atoms with Crippen molar-refractivity contribution in [1.29, 1.82) is 0 Å². The van der Waals surface area contributed by atoms with Gasteiger partial charge < -0.3 is 14.8 Å². The molecule has 3 heteroatoms. The Kier molecular flexibility index (Phi) is 5.70. The van der Waals surface area contributed by atoms with Crippen LogP contribution in [0.5, 0.6) is 5.75 Å². The van der Waals surface area contributed by atoms with Gasteiger partial charge in [0.25, 0.3) is 0 Å². The third-order valence-electron chi connectivity index (χ3n) is 4.26. The third kappa shape index (κ3) is 4.20. The van der Waals surface area contributed by atoms with E-state index in [2.05, 4.69) is 41.7 Å². The van der Waals surface area contributed by atoms with Crippen LogP contribution in [-0.2, 0) is 4.74 Å². The number of ether oxygens (including phenoxy) is 2. The number of methoxy groups -OCH3 is 2. The van der Waals surface area contributed by atoms with E-state index in [1.165, 1.54) is 0 Å². The highest BCUT2D eigenvalue weighted by Crippen LogP contribution is 2.35. The Hall–Kier alpha value is -2.78. The maximum Gasteiger partial charge on any atom is 0.118 e. The molecule has 2 atom stereocenters. The van der Waals surface area contributed by atoms with Gasteiger partial charge >= 0.3 is 0 Å². The molecule has 3 aromatic rings. The van der Waals surface area contributed by atoms with Gasteiger partial charge in [0, 0.05) is 12.8 Å². The van der Waals surface area contributed by atoms with Gasteiger partial charge in [0.05, 0.1) is 13.2 Å². The predicted octanol–water partition coefficient (Wildman–Crippen LogP) is 5.24. The van der Waals surface area contributed by atoms with Crippen molar-refractivity contribution in [3.8, 4) is 5.75 Å². The fourth-order valence-corrected chi connectivity index (χ4v) is 2.97. The van der Waals surface area contributed by atoms with E-state index in [4.69, 9.17) is 9.47 Å². The summed E-state index contributed by atoms with van der Waals surface area (Å²) in [4.78, 5) is 0. The van der Waals surface area contributed by atoms with Gasteiger partial charge in [0.2, 0.25) is 0 Å². The molecule has 128 valence electrons. The molecule has 3 nitrogen and oxygen atoms in total. The average Bonchev–Trinajstić information content (AvgIpc) is 2.69. The Balaban J connectivity index is 1.97. The molecule has 0 fully saturated rings. The van der Waals surface area contributed by atoms with E-state index < -0.39 is 0 Å². The van der Waals surface area contributed by atoms with Crippen LogP contribution in [0.15, 0.2) is 84.9 Å². The Bertz CT molecular complexity index is 757. The van der Waals surface area contributed by atoms with Gasteiger partial charge in [0.15, 0.2) is 0 Å². The van der Waals surface area contributed by atoms with Crippen molar-refractivity contribution in [1.82, 2.24) is 0 Å². The summed E-state index contributed by atoms with van der Waals surface area (Å²) in [5, 5.41) is 3.62. The van der Waals surface area contributed by atoms with E-state index in [0.717, 1.165) is 22.6 Å². The van der Waals surface area contributed by atoms with Crippen LogP contribution < -0.4 is 10.1 Å². The maximum absolute atomic E-state index is 5.89. The van der Waals surface area contributed by atoms with Gasteiger partial charge in [-0.2, -0.15) is 0 Å². The molecule has 0 saturated carbocycles. The molecular formula is C22H23NO2.